The topological polar surface area (TPSA) is 55.6 Å². The molecule has 1 aliphatic rings. The molecule has 1 aromatic carbocycles. The van der Waals surface area contributed by atoms with Gasteiger partial charge in [-0.25, -0.2) is 0 Å². The standard InChI is InChI=1S/C17H26N2O2.ClH/c1-12(2)16(18)17(20)19-10-8-15(9-11-19)21-14-6-4-13(3)5-7-14;/h4-7,12,15-16H,8-11,18H2,1-3H3;1H/t16-;/m0./s1. The molecular weight excluding hydrogens is 300 g/mol. The molecule has 0 spiro atoms. The summed E-state index contributed by atoms with van der Waals surface area (Å²) in [6, 6.07) is 7.72. The third-order valence-electron chi connectivity index (χ3n) is 4.08. The number of hydrogen-bond acceptors (Lipinski definition) is 3. The van der Waals surface area contributed by atoms with E-state index in [4.69, 9.17) is 10.5 Å². The van der Waals surface area contributed by atoms with Gasteiger partial charge in [-0.1, -0.05) is 31.5 Å². The summed E-state index contributed by atoms with van der Waals surface area (Å²) in [7, 11) is 0. The van der Waals surface area contributed by atoms with E-state index in [0.29, 0.717) is 0 Å². The molecule has 124 valence electrons. The van der Waals surface area contributed by atoms with E-state index in [-0.39, 0.29) is 36.4 Å². The second-order valence-electron chi connectivity index (χ2n) is 6.23. The van der Waals surface area contributed by atoms with Crippen molar-refractivity contribution in [2.45, 2.75) is 45.8 Å². The van der Waals surface area contributed by atoms with Crippen molar-refractivity contribution in [3.63, 3.8) is 0 Å². The van der Waals surface area contributed by atoms with E-state index >= 15 is 0 Å². The van der Waals surface area contributed by atoms with E-state index in [1.807, 2.05) is 30.9 Å². The highest BCUT2D eigenvalue weighted by atomic mass is 35.5. The highest BCUT2D eigenvalue weighted by molar-refractivity contribution is 5.85. The average Bonchev–Trinajstić information content (AvgIpc) is 2.49. The number of nitrogens with two attached hydrogens (primary N) is 1. The van der Waals surface area contributed by atoms with Crippen LogP contribution in [0.25, 0.3) is 0 Å². The lowest BCUT2D eigenvalue weighted by molar-refractivity contribution is -0.135. The predicted molar refractivity (Wildman–Crippen MR) is 91.5 cm³/mol. The molecule has 4 nitrogen and oxygen atoms in total. The van der Waals surface area contributed by atoms with Crippen LogP contribution < -0.4 is 10.5 Å². The van der Waals surface area contributed by atoms with Crippen molar-refractivity contribution >= 4 is 18.3 Å². The lowest BCUT2D eigenvalue weighted by Gasteiger charge is -2.34. The Bertz CT molecular complexity index is 468. The third-order valence-corrected chi connectivity index (χ3v) is 4.08. The van der Waals surface area contributed by atoms with Crippen molar-refractivity contribution in [2.75, 3.05) is 13.1 Å². The van der Waals surface area contributed by atoms with Gasteiger partial charge in [0.25, 0.3) is 0 Å². The van der Waals surface area contributed by atoms with Gasteiger partial charge >= 0.3 is 0 Å². The molecule has 5 heteroatoms. The monoisotopic (exact) mass is 326 g/mol. The van der Waals surface area contributed by atoms with Crippen LogP contribution in [-0.4, -0.2) is 36.0 Å². The van der Waals surface area contributed by atoms with E-state index in [9.17, 15) is 4.79 Å². The van der Waals surface area contributed by atoms with E-state index in [0.717, 1.165) is 31.7 Å². The van der Waals surface area contributed by atoms with Gasteiger partial charge in [-0.05, 0) is 25.0 Å². The zero-order valence-electron chi connectivity index (χ0n) is 13.6. The molecule has 0 bridgehead atoms. The van der Waals surface area contributed by atoms with Crippen LogP contribution in [0.1, 0.15) is 32.3 Å². The molecule has 0 aliphatic carbocycles. The molecule has 0 radical (unpaired) electrons. The maximum absolute atomic E-state index is 12.2. The normalized spacial score (nSPS) is 17.0. The highest BCUT2D eigenvalue weighted by Crippen LogP contribution is 2.20. The Morgan fingerprint density at radius 3 is 2.27 bits per heavy atom. The number of hydrogen-bond donors (Lipinski definition) is 1. The Labute approximate surface area is 139 Å². The van der Waals surface area contributed by atoms with E-state index in [2.05, 4.69) is 19.1 Å². The van der Waals surface area contributed by atoms with Gasteiger partial charge in [-0.3, -0.25) is 4.79 Å². The van der Waals surface area contributed by atoms with Gasteiger partial charge < -0.3 is 15.4 Å². The number of piperidine rings is 1. The number of amides is 1. The van der Waals surface area contributed by atoms with Crippen LogP contribution in [0.5, 0.6) is 5.75 Å². The molecule has 2 rings (SSSR count). The quantitative estimate of drug-likeness (QED) is 0.925. The van der Waals surface area contributed by atoms with Crippen molar-refractivity contribution in [3.05, 3.63) is 29.8 Å². The molecule has 1 saturated heterocycles. The fraction of sp³-hybridized carbons (Fsp3) is 0.588. The summed E-state index contributed by atoms with van der Waals surface area (Å²) >= 11 is 0. The van der Waals surface area contributed by atoms with Gasteiger partial charge in [-0.15, -0.1) is 12.4 Å². The third kappa shape index (κ3) is 4.89. The summed E-state index contributed by atoms with van der Waals surface area (Å²) in [6.07, 6.45) is 1.92. The molecule has 1 heterocycles. The number of halogens is 1. The van der Waals surface area contributed by atoms with Crippen LogP contribution >= 0.6 is 12.4 Å². The molecule has 1 atom stereocenters. The number of carbonyl (C=O) groups excluding carboxylic acids is 1. The molecule has 2 N–H and O–H groups in total. The van der Waals surface area contributed by atoms with Gasteiger partial charge in [0.2, 0.25) is 5.91 Å². The van der Waals surface area contributed by atoms with Crippen molar-refractivity contribution in [1.82, 2.24) is 4.90 Å². The lowest BCUT2D eigenvalue weighted by atomic mass is 10.0. The average molecular weight is 327 g/mol. The Kier molecular flexibility index (Phi) is 7.17. The number of nitrogens with zero attached hydrogens (tertiary/aromatic N) is 1. The number of aryl methyl sites for hydroxylation is 1. The Hall–Kier alpha value is -1.26. The van der Waals surface area contributed by atoms with Crippen LogP contribution in [0.3, 0.4) is 0 Å². The molecule has 1 aromatic rings. The van der Waals surface area contributed by atoms with Crippen molar-refractivity contribution < 1.29 is 9.53 Å². The maximum Gasteiger partial charge on any atom is 0.239 e. The minimum Gasteiger partial charge on any atom is -0.490 e. The summed E-state index contributed by atoms with van der Waals surface area (Å²) in [4.78, 5) is 14.1. The molecule has 0 saturated carbocycles. The molecular formula is C17H27ClN2O2. The maximum atomic E-state index is 12.2. The first-order chi connectivity index (χ1) is 9.97. The summed E-state index contributed by atoms with van der Waals surface area (Å²) in [5.74, 6) is 1.15. The van der Waals surface area contributed by atoms with E-state index in [1.165, 1.54) is 5.56 Å². The molecule has 0 aromatic heterocycles. The zero-order chi connectivity index (χ0) is 15.4. The number of likely N-dealkylation sites (tertiary alicyclic amines) is 1. The second kappa shape index (κ2) is 8.39. The Morgan fingerprint density at radius 1 is 1.23 bits per heavy atom. The van der Waals surface area contributed by atoms with Crippen LogP contribution in [0, 0.1) is 12.8 Å². The largest absolute Gasteiger partial charge is 0.490 e. The van der Waals surface area contributed by atoms with Crippen LogP contribution in [0.15, 0.2) is 24.3 Å². The number of rotatable bonds is 4. The smallest absolute Gasteiger partial charge is 0.239 e. The van der Waals surface area contributed by atoms with Gasteiger partial charge in [0.1, 0.15) is 11.9 Å². The van der Waals surface area contributed by atoms with Crippen LogP contribution in [0.4, 0.5) is 0 Å². The molecule has 1 amide bonds. The van der Waals surface area contributed by atoms with E-state index < -0.39 is 0 Å². The first-order valence-electron chi connectivity index (χ1n) is 7.75. The molecule has 0 unspecified atom stereocenters. The first-order valence-corrected chi connectivity index (χ1v) is 7.75. The van der Waals surface area contributed by atoms with Gasteiger partial charge in [0.05, 0.1) is 6.04 Å². The zero-order valence-corrected chi connectivity index (χ0v) is 14.4. The highest BCUT2D eigenvalue weighted by Gasteiger charge is 2.28. The first kappa shape index (κ1) is 18.8. The van der Waals surface area contributed by atoms with Crippen LogP contribution in [-0.2, 0) is 4.79 Å². The predicted octanol–water partition coefficient (Wildman–Crippen LogP) is 2.77. The lowest BCUT2D eigenvalue weighted by Crippen LogP contribution is -2.50. The summed E-state index contributed by atoms with van der Waals surface area (Å²) in [5, 5.41) is 0. The van der Waals surface area contributed by atoms with Gasteiger partial charge in [-0.2, -0.15) is 0 Å². The van der Waals surface area contributed by atoms with E-state index in [1.54, 1.807) is 0 Å². The SMILES string of the molecule is Cc1ccc(OC2CCN(C(=O)[C@@H](N)C(C)C)CC2)cc1.Cl. The molecule has 1 aliphatic heterocycles. The second-order valence-corrected chi connectivity index (χ2v) is 6.23. The molecule has 22 heavy (non-hydrogen) atoms. The van der Waals surface area contributed by atoms with Crippen molar-refractivity contribution in [2.24, 2.45) is 11.7 Å². The van der Waals surface area contributed by atoms with Crippen LogP contribution in [0.2, 0.25) is 0 Å². The number of ether oxygens (including phenoxy) is 1. The summed E-state index contributed by atoms with van der Waals surface area (Å²) < 4.78 is 5.98. The number of carbonyl (C=O) groups is 1. The fourth-order valence-corrected chi connectivity index (χ4v) is 2.50. The van der Waals surface area contributed by atoms with Gasteiger partial charge in [0.15, 0.2) is 0 Å². The minimum atomic E-state index is -0.389. The summed E-state index contributed by atoms with van der Waals surface area (Å²) in [5.41, 5.74) is 7.17. The fourth-order valence-electron chi connectivity index (χ4n) is 2.50. The number of benzene rings is 1. The van der Waals surface area contributed by atoms with Crippen molar-refractivity contribution in [3.8, 4) is 5.75 Å². The Morgan fingerprint density at radius 2 is 1.77 bits per heavy atom. The van der Waals surface area contributed by atoms with Gasteiger partial charge in [0, 0.05) is 25.9 Å². The Balaban J connectivity index is 0.00000242. The molecule has 1 fully saturated rings. The summed E-state index contributed by atoms with van der Waals surface area (Å²) in [6.45, 7) is 7.49. The van der Waals surface area contributed by atoms with Crippen molar-refractivity contribution in [1.29, 1.82) is 0 Å². The minimum absolute atomic E-state index is 0.